The lowest BCUT2D eigenvalue weighted by Gasteiger charge is -2.26. The average Bonchev–Trinajstić information content (AvgIpc) is 3.56. The molecule has 0 radical (unpaired) electrons. The number of likely N-dealkylation sites (tertiary alicyclic amines) is 1. The van der Waals surface area contributed by atoms with E-state index < -0.39 is 29.7 Å². The zero-order valence-electron chi connectivity index (χ0n) is 18.9. The number of hydrogen-bond acceptors (Lipinski definition) is 5. The second kappa shape index (κ2) is 11.2. The number of rotatable bonds is 7. The number of likely N-dealkylation sites (N-methyl/N-ethyl adjacent to an activating group) is 1. The third-order valence-electron chi connectivity index (χ3n) is 6.34. The molecular formula is C25H28F4N2O2S. The molecule has 3 fully saturated rings. The smallest absolute Gasteiger partial charge is 0.148 e. The van der Waals surface area contributed by atoms with Crippen LogP contribution < -0.4 is 4.72 Å². The van der Waals surface area contributed by atoms with E-state index in [2.05, 4.69) is 4.72 Å². The topological polar surface area (TPSA) is 41.6 Å². The quantitative estimate of drug-likeness (QED) is 0.342. The average molecular weight is 497 g/mol. The fourth-order valence-corrected chi connectivity index (χ4v) is 5.10. The Morgan fingerprint density at radius 3 is 2.53 bits per heavy atom. The molecule has 4 atom stereocenters. The molecule has 9 heteroatoms. The summed E-state index contributed by atoms with van der Waals surface area (Å²) in [7, 11) is 1.83. The van der Waals surface area contributed by atoms with Gasteiger partial charge in [0, 0.05) is 35.4 Å². The number of carbonyl (C=O) groups excluding carboxylic acids is 1. The molecule has 5 rings (SSSR count). The van der Waals surface area contributed by atoms with E-state index in [0.29, 0.717) is 10.8 Å². The highest BCUT2D eigenvalue weighted by atomic mass is 32.2. The third-order valence-corrected chi connectivity index (χ3v) is 7.55. The number of benzene rings is 2. The van der Waals surface area contributed by atoms with Crippen molar-refractivity contribution in [1.29, 1.82) is 0 Å². The Balaban J connectivity index is 0.000000398. The first-order chi connectivity index (χ1) is 16.4. The molecule has 0 aromatic heterocycles. The van der Waals surface area contributed by atoms with Crippen LogP contribution in [0.4, 0.5) is 17.6 Å². The van der Waals surface area contributed by atoms with Gasteiger partial charge in [-0.15, -0.1) is 0 Å². The molecule has 4 nitrogen and oxygen atoms in total. The first kappa shape index (κ1) is 25.2. The Hall–Kier alpha value is -1.94. The van der Waals surface area contributed by atoms with Gasteiger partial charge in [0.05, 0.1) is 12.6 Å². The summed E-state index contributed by atoms with van der Waals surface area (Å²) in [5.41, 5.74) is 0.278. The van der Waals surface area contributed by atoms with Crippen molar-refractivity contribution in [2.24, 2.45) is 0 Å². The molecule has 2 aromatic carbocycles. The number of alkyl halides is 1. The monoisotopic (exact) mass is 496 g/mol. The standard InChI is InChI=1S/C21H22F4N2S.C4H6O2/c1-27-11-18(24)21(26-28-14-6-7-14)19(27)9-12-3-2-4-15(20(12)25)16-10-13(22)5-8-17(16)23;5-3-4-1-2-6-4/h2-5,8,10,14,18-19,21,26H,6-7,9,11H2,1H3;3-4H,1-2H2. The van der Waals surface area contributed by atoms with Crippen molar-refractivity contribution in [2.45, 2.75) is 55.3 Å². The van der Waals surface area contributed by atoms with E-state index in [-0.39, 0.29) is 36.2 Å². The Bertz CT molecular complexity index is 1000. The molecule has 4 unspecified atom stereocenters. The van der Waals surface area contributed by atoms with Crippen LogP contribution in [0.25, 0.3) is 11.1 Å². The molecule has 2 saturated heterocycles. The van der Waals surface area contributed by atoms with Crippen LogP contribution in [0, 0.1) is 17.5 Å². The van der Waals surface area contributed by atoms with E-state index in [9.17, 15) is 18.0 Å². The van der Waals surface area contributed by atoms with Crippen LogP contribution in [0.3, 0.4) is 0 Å². The second-order valence-corrected chi connectivity index (χ2v) is 10.1. The summed E-state index contributed by atoms with van der Waals surface area (Å²) >= 11 is 1.57. The van der Waals surface area contributed by atoms with Crippen LogP contribution in [-0.2, 0) is 16.0 Å². The van der Waals surface area contributed by atoms with Gasteiger partial charge in [-0.2, -0.15) is 0 Å². The summed E-state index contributed by atoms with van der Waals surface area (Å²) in [4.78, 5) is 11.6. The predicted octanol–water partition coefficient (Wildman–Crippen LogP) is 4.71. The summed E-state index contributed by atoms with van der Waals surface area (Å²) in [6.45, 7) is 1.05. The van der Waals surface area contributed by atoms with Crippen molar-refractivity contribution in [3.05, 3.63) is 59.4 Å². The molecule has 0 amide bonds. The second-order valence-electron chi connectivity index (χ2n) is 8.92. The lowest BCUT2D eigenvalue weighted by atomic mass is 9.95. The van der Waals surface area contributed by atoms with Crippen LogP contribution >= 0.6 is 11.9 Å². The van der Waals surface area contributed by atoms with Gasteiger partial charge in [0.1, 0.15) is 36.0 Å². The van der Waals surface area contributed by atoms with Gasteiger partial charge in [0.15, 0.2) is 0 Å². The molecule has 34 heavy (non-hydrogen) atoms. The number of nitrogens with one attached hydrogen (secondary N) is 1. The van der Waals surface area contributed by atoms with Gasteiger partial charge in [-0.25, -0.2) is 17.6 Å². The van der Waals surface area contributed by atoms with Gasteiger partial charge < -0.3 is 9.53 Å². The number of carbonyl (C=O) groups is 1. The highest BCUT2D eigenvalue weighted by Crippen LogP contribution is 2.35. The van der Waals surface area contributed by atoms with Crippen molar-refractivity contribution in [1.82, 2.24) is 9.62 Å². The lowest BCUT2D eigenvalue weighted by molar-refractivity contribution is -0.129. The summed E-state index contributed by atoms with van der Waals surface area (Å²) in [5, 5.41) is 0.537. The van der Waals surface area contributed by atoms with Crippen LogP contribution in [0.15, 0.2) is 36.4 Å². The van der Waals surface area contributed by atoms with E-state index in [1.54, 1.807) is 24.1 Å². The Labute approximate surface area is 201 Å². The minimum atomic E-state index is -1.03. The number of nitrogens with zero attached hydrogens (tertiary/aromatic N) is 1. The third kappa shape index (κ3) is 6.00. The van der Waals surface area contributed by atoms with Gasteiger partial charge in [0.25, 0.3) is 0 Å². The van der Waals surface area contributed by atoms with E-state index in [1.165, 1.54) is 6.07 Å². The number of halogens is 4. The van der Waals surface area contributed by atoms with Crippen molar-refractivity contribution < 1.29 is 27.1 Å². The van der Waals surface area contributed by atoms with E-state index in [4.69, 9.17) is 4.74 Å². The van der Waals surface area contributed by atoms with Gasteiger partial charge in [0.2, 0.25) is 0 Å². The van der Waals surface area contributed by atoms with Crippen LogP contribution in [0.1, 0.15) is 24.8 Å². The highest BCUT2D eigenvalue weighted by molar-refractivity contribution is 7.98. The molecule has 2 heterocycles. The molecule has 1 saturated carbocycles. The summed E-state index contributed by atoms with van der Waals surface area (Å²) in [6.07, 6.45) is 3.22. The maximum absolute atomic E-state index is 15.2. The minimum Gasteiger partial charge on any atom is -0.371 e. The molecule has 2 aliphatic heterocycles. The van der Waals surface area contributed by atoms with E-state index in [0.717, 1.165) is 50.4 Å². The zero-order valence-corrected chi connectivity index (χ0v) is 19.7. The van der Waals surface area contributed by atoms with Crippen molar-refractivity contribution in [3.8, 4) is 11.1 Å². The summed E-state index contributed by atoms with van der Waals surface area (Å²) in [5.74, 6) is -1.89. The van der Waals surface area contributed by atoms with Crippen molar-refractivity contribution in [2.75, 3.05) is 20.2 Å². The molecule has 0 bridgehead atoms. The molecule has 0 spiro atoms. The summed E-state index contributed by atoms with van der Waals surface area (Å²) < 4.78 is 65.3. The van der Waals surface area contributed by atoms with Crippen molar-refractivity contribution >= 4 is 18.2 Å². The fourth-order valence-electron chi connectivity index (χ4n) is 4.07. The van der Waals surface area contributed by atoms with Gasteiger partial charge in [-0.1, -0.05) is 30.1 Å². The number of hydrogen-bond donors (Lipinski definition) is 1. The normalized spacial score (nSPS) is 26.5. The van der Waals surface area contributed by atoms with Crippen LogP contribution in [-0.4, -0.2) is 61.0 Å². The summed E-state index contributed by atoms with van der Waals surface area (Å²) in [6, 6.07) is 7.06. The Morgan fingerprint density at radius 2 is 1.91 bits per heavy atom. The Morgan fingerprint density at radius 1 is 1.15 bits per heavy atom. The maximum atomic E-state index is 15.2. The number of ether oxygens (including phenoxy) is 1. The SMILES string of the molecule is CN1CC(F)C(NSC2CC2)C1Cc1cccc(-c2cc(F)ccc2F)c1F.O=CC1CCO1. The van der Waals surface area contributed by atoms with Gasteiger partial charge in [-0.05, 0) is 50.1 Å². The first-order valence-electron chi connectivity index (χ1n) is 11.4. The van der Waals surface area contributed by atoms with Crippen molar-refractivity contribution in [3.63, 3.8) is 0 Å². The minimum absolute atomic E-state index is 0.0174. The van der Waals surface area contributed by atoms with Gasteiger partial charge >= 0.3 is 0 Å². The largest absolute Gasteiger partial charge is 0.371 e. The molecule has 2 aromatic rings. The van der Waals surface area contributed by atoms with E-state index >= 15 is 4.39 Å². The van der Waals surface area contributed by atoms with E-state index in [1.807, 2.05) is 11.9 Å². The maximum Gasteiger partial charge on any atom is 0.148 e. The van der Waals surface area contributed by atoms with Crippen LogP contribution in [0.2, 0.25) is 0 Å². The highest BCUT2D eigenvalue weighted by Gasteiger charge is 2.41. The van der Waals surface area contributed by atoms with Crippen LogP contribution in [0.5, 0.6) is 0 Å². The number of aldehydes is 1. The zero-order chi connectivity index (χ0) is 24.2. The molecular weight excluding hydrogens is 468 g/mol. The fraction of sp³-hybridized carbons (Fsp3) is 0.480. The van der Waals surface area contributed by atoms with Gasteiger partial charge in [-0.3, -0.25) is 9.62 Å². The molecule has 1 aliphatic carbocycles. The lowest BCUT2D eigenvalue weighted by Crippen LogP contribution is -2.43. The Kier molecular flexibility index (Phi) is 8.29. The molecule has 184 valence electrons. The molecule has 3 aliphatic rings. The molecule has 1 N–H and O–H groups in total. The first-order valence-corrected chi connectivity index (χ1v) is 12.3. The predicted molar refractivity (Wildman–Crippen MR) is 125 cm³/mol.